The molecule has 6 nitrogen and oxygen atoms in total. The number of hydrogen-bond donors (Lipinski definition) is 1. The average molecular weight is 347 g/mol. The van der Waals surface area contributed by atoms with Crippen LogP contribution in [-0.2, 0) is 20.7 Å². The number of hydrogen-bond acceptors (Lipinski definition) is 4. The Bertz CT molecular complexity index is 632. The third-order valence-electron chi connectivity index (χ3n) is 5.32. The maximum atomic E-state index is 12.9. The highest BCUT2D eigenvalue weighted by atomic mass is 16.5. The Kier molecular flexibility index (Phi) is 5.71. The van der Waals surface area contributed by atoms with Crippen LogP contribution in [0.25, 0.3) is 0 Å². The van der Waals surface area contributed by atoms with Crippen LogP contribution in [0.3, 0.4) is 0 Å². The molecule has 3 rings (SSSR count). The van der Waals surface area contributed by atoms with Gasteiger partial charge in [-0.05, 0) is 30.5 Å². The van der Waals surface area contributed by atoms with E-state index in [1.54, 1.807) is 25.3 Å². The second kappa shape index (κ2) is 7.97. The van der Waals surface area contributed by atoms with Crippen LogP contribution in [0.1, 0.15) is 35.2 Å². The van der Waals surface area contributed by atoms with Gasteiger partial charge in [0, 0.05) is 19.6 Å². The molecule has 2 aliphatic rings. The van der Waals surface area contributed by atoms with Gasteiger partial charge in [0.25, 0.3) is 0 Å². The van der Waals surface area contributed by atoms with Crippen molar-refractivity contribution >= 4 is 11.9 Å². The first-order valence-electron chi connectivity index (χ1n) is 8.82. The molecule has 136 valence electrons. The van der Waals surface area contributed by atoms with Crippen molar-refractivity contribution in [3.63, 3.8) is 0 Å². The van der Waals surface area contributed by atoms with Gasteiger partial charge >= 0.3 is 5.97 Å². The van der Waals surface area contributed by atoms with Crippen molar-refractivity contribution < 1.29 is 24.2 Å². The van der Waals surface area contributed by atoms with E-state index in [1.807, 2.05) is 4.90 Å². The molecule has 1 amide bonds. The van der Waals surface area contributed by atoms with Crippen LogP contribution >= 0.6 is 0 Å². The smallest absolute Gasteiger partial charge is 0.335 e. The van der Waals surface area contributed by atoms with E-state index in [1.165, 1.54) is 6.07 Å². The predicted molar refractivity (Wildman–Crippen MR) is 91.6 cm³/mol. The monoisotopic (exact) mass is 347 g/mol. The van der Waals surface area contributed by atoms with Gasteiger partial charge in [-0.15, -0.1) is 0 Å². The van der Waals surface area contributed by atoms with Crippen molar-refractivity contribution in [2.75, 3.05) is 26.9 Å². The molecule has 1 saturated carbocycles. The average Bonchev–Trinajstić information content (AvgIpc) is 3.10. The lowest BCUT2D eigenvalue weighted by atomic mass is 9.93. The number of carbonyl (C=O) groups is 2. The van der Waals surface area contributed by atoms with Gasteiger partial charge in [0.1, 0.15) is 0 Å². The predicted octanol–water partition coefficient (Wildman–Crippen LogP) is 1.97. The molecule has 1 saturated heterocycles. The molecule has 1 aromatic carbocycles. The van der Waals surface area contributed by atoms with Gasteiger partial charge in [0.05, 0.1) is 37.3 Å². The van der Waals surface area contributed by atoms with Crippen LogP contribution in [0.15, 0.2) is 24.3 Å². The van der Waals surface area contributed by atoms with Crippen LogP contribution in [0.5, 0.6) is 0 Å². The number of amides is 1. The lowest BCUT2D eigenvalue weighted by molar-refractivity contribution is -0.143. The minimum atomic E-state index is -0.979. The van der Waals surface area contributed by atoms with Crippen LogP contribution < -0.4 is 0 Å². The Balaban J connectivity index is 1.72. The molecular formula is C19H25NO5. The number of carbonyl (C=O) groups excluding carboxylic acids is 1. The van der Waals surface area contributed by atoms with Gasteiger partial charge in [-0.2, -0.15) is 0 Å². The van der Waals surface area contributed by atoms with Gasteiger partial charge in [0.15, 0.2) is 0 Å². The molecule has 0 aromatic heterocycles. The van der Waals surface area contributed by atoms with E-state index in [-0.39, 0.29) is 30.0 Å². The normalized spacial score (nSPS) is 26.6. The summed E-state index contributed by atoms with van der Waals surface area (Å²) < 4.78 is 11.2. The topological polar surface area (TPSA) is 76.1 Å². The van der Waals surface area contributed by atoms with Crippen LogP contribution in [-0.4, -0.2) is 60.9 Å². The Morgan fingerprint density at radius 1 is 1.36 bits per heavy atom. The van der Waals surface area contributed by atoms with E-state index in [2.05, 4.69) is 0 Å². The molecule has 3 unspecified atom stereocenters. The number of carboxylic acid groups (broad SMARTS) is 1. The highest BCUT2D eigenvalue weighted by Gasteiger charge is 2.40. The summed E-state index contributed by atoms with van der Waals surface area (Å²) in [7, 11) is 1.73. The van der Waals surface area contributed by atoms with Crippen molar-refractivity contribution in [2.45, 2.75) is 37.8 Å². The molecule has 0 spiro atoms. The molecule has 6 heteroatoms. The zero-order valence-corrected chi connectivity index (χ0v) is 14.5. The van der Waals surface area contributed by atoms with Crippen LogP contribution in [0.4, 0.5) is 0 Å². The summed E-state index contributed by atoms with van der Waals surface area (Å²) in [5, 5.41) is 9.11. The number of ether oxygens (including phenoxy) is 2. The Labute approximate surface area is 147 Å². The number of aromatic carboxylic acids is 1. The molecule has 25 heavy (non-hydrogen) atoms. The summed E-state index contributed by atoms with van der Waals surface area (Å²) in [5.74, 6) is -0.648. The fourth-order valence-electron chi connectivity index (χ4n) is 4.07. The second-order valence-corrected chi connectivity index (χ2v) is 6.78. The molecular weight excluding hydrogens is 322 g/mol. The Morgan fingerprint density at radius 2 is 2.20 bits per heavy atom. The van der Waals surface area contributed by atoms with Gasteiger partial charge in [-0.1, -0.05) is 18.6 Å². The van der Waals surface area contributed by atoms with E-state index >= 15 is 0 Å². The maximum absolute atomic E-state index is 12.9. The highest BCUT2D eigenvalue weighted by molar-refractivity contribution is 5.88. The van der Waals surface area contributed by atoms with E-state index in [0.29, 0.717) is 25.7 Å². The van der Waals surface area contributed by atoms with E-state index in [0.717, 1.165) is 24.8 Å². The summed E-state index contributed by atoms with van der Waals surface area (Å²) in [6.45, 7) is 1.67. The molecule has 0 radical (unpaired) electrons. The molecule has 1 aliphatic heterocycles. The molecule has 2 fully saturated rings. The van der Waals surface area contributed by atoms with Gasteiger partial charge in [-0.3, -0.25) is 4.79 Å². The molecule has 0 bridgehead atoms. The van der Waals surface area contributed by atoms with E-state index < -0.39 is 5.97 Å². The molecule has 1 aromatic rings. The number of methoxy groups -OCH3 is 1. The standard InChI is InChI=1S/C19H25NO5/c1-24-17-7-3-6-15(17)16-12-25-9-8-20(16)18(21)11-13-4-2-5-14(10-13)19(22)23/h2,4-5,10,15-17H,3,6-9,11-12H2,1H3,(H,22,23). The summed E-state index contributed by atoms with van der Waals surface area (Å²) in [6.07, 6.45) is 3.58. The lowest BCUT2D eigenvalue weighted by Crippen LogP contribution is -2.54. The molecule has 1 aliphatic carbocycles. The van der Waals surface area contributed by atoms with Crippen LogP contribution in [0, 0.1) is 5.92 Å². The second-order valence-electron chi connectivity index (χ2n) is 6.78. The highest BCUT2D eigenvalue weighted by Crippen LogP contribution is 2.34. The summed E-state index contributed by atoms with van der Waals surface area (Å²) in [4.78, 5) is 25.9. The van der Waals surface area contributed by atoms with Crippen molar-refractivity contribution in [2.24, 2.45) is 5.92 Å². The van der Waals surface area contributed by atoms with E-state index in [9.17, 15) is 9.59 Å². The number of nitrogens with zero attached hydrogens (tertiary/aromatic N) is 1. The molecule has 1 N–H and O–H groups in total. The maximum Gasteiger partial charge on any atom is 0.335 e. The third-order valence-corrected chi connectivity index (χ3v) is 5.32. The molecule has 1 heterocycles. The fraction of sp³-hybridized carbons (Fsp3) is 0.579. The fourth-order valence-corrected chi connectivity index (χ4v) is 4.07. The quantitative estimate of drug-likeness (QED) is 0.881. The third kappa shape index (κ3) is 4.02. The first kappa shape index (κ1) is 17.9. The summed E-state index contributed by atoms with van der Waals surface area (Å²) in [5.41, 5.74) is 0.934. The van der Waals surface area contributed by atoms with Crippen molar-refractivity contribution in [1.29, 1.82) is 0 Å². The Hall–Kier alpha value is -1.92. The molecule has 3 atom stereocenters. The first-order valence-corrected chi connectivity index (χ1v) is 8.82. The van der Waals surface area contributed by atoms with Crippen LogP contribution in [0.2, 0.25) is 0 Å². The van der Waals surface area contributed by atoms with Gasteiger partial charge in [-0.25, -0.2) is 4.79 Å². The largest absolute Gasteiger partial charge is 0.478 e. The minimum absolute atomic E-state index is 0.0255. The van der Waals surface area contributed by atoms with Gasteiger partial charge < -0.3 is 19.5 Å². The SMILES string of the molecule is COC1CCCC1C1COCCN1C(=O)Cc1cccc(C(=O)O)c1. The number of rotatable bonds is 5. The summed E-state index contributed by atoms with van der Waals surface area (Å²) in [6, 6.07) is 6.63. The Morgan fingerprint density at radius 3 is 2.96 bits per heavy atom. The van der Waals surface area contributed by atoms with Crippen molar-refractivity contribution in [3.8, 4) is 0 Å². The number of benzene rings is 1. The minimum Gasteiger partial charge on any atom is -0.478 e. The van der Waals surface area contributed by atoms with E-state index in [4.69, 9.17) is 14.6 Å². The van der Waals surface area contributed by atoms with Crippen molar-refractivity contribution in [1.82, 2.24) is 4.90 Å². The lowest BCUT2D eigenvalue weighted by Gasteiger charge is -2.40. The zero-order valence-electron chi connectivity index (χ0n) is 14.5. The zero-order chi connectivity index (χ0) is 17.8. The number of carboxylic acids is 1. The van der Waals surface area contributed by atoms with Crippen molar-refractivity contribution in [3.05, 3.63) is 35.4 Å². The first-order chi connectivity index (χ1) is 12.1. The number of morpholine rings is 1. The summed E-state index contributed by atoms with van der Waals surface area (Å²) >= 11 is 0. The van der Waals surface area contributed by atoms with Gasteiger partial charge in [0.2, 0.25) is 5.91 Å².